The van der Waals surface area contributed by atoms with Crippen molar-refractivity contribution in [3.05, 3.63) is 28.0 Å². The average Bonchev–Trinajstić information content (AvgIpc) is 3.17. The second-order valence-electron chi connectivity index (χ2n) is 9.77. The first-order valence-corrected chi connectivity index (χ1v) is 14.4. The van der Waals surface area contributed by atoms with Crippen molar-refractivity contribution in [2.24, 2.45) is 4.99 Å². The Morgan fingerprint density at radius 2 is 2.07 bits per heavy atom. The van der Waals surface area contributed by atoms with Gasteiger partial charge in [-0.25, -0.2) is 4.99 Å². The first kappa shape index (κ1) is 23.7. The van der Waals surface area contributed by atoms with Gasteiger partial charge in [0.1, 0.15) is 12.3 Å². The number of aliphatic hydroxyl groups is 1. The lowest BCUT2D eigenvalue weighted by Gasteiger charge is -2.37. The normalized spacial score (nSPS) is 23.0. The summed E-state index contributed by atoms with van der Waals surface area (Å²) in [6.45, 7) is 11.5. The van der Waals surface area contributed by atoms with Crippen LogP contribution in [-0.2, 0) is 9.16 Å². The number of aliphatic hydroxyl groups excluding tert-OH is 1. The maximum atomic E-state index is 10.7. The molecule has 3 rings (SSSR count). The quantitative estimate of drug-likeness (QED) is 0.237. The van der Waals surface area contributed by atoms with Gasteiger partial charge in [-0.1, -0.05) is 26.8 Å². The van der Waals surface area contributed by atoms with Gasteiger partial charge in [0.2, 0.25) is 0 Å². The molecule has 30 heavy (non-hydrogen) atoms. The molecule has 1 unspecified atom stereocenters. The second kappa shape index (κ2) is 8.89. The van der Waals surface area contributed by atoms with E-state index in [2.05, 4.69) is 78.3 Å². The molecule has 1 aliphatic rings. The zero-order chi connectivity index (χ0) is 22.3. The van der Waals surface area contributed by atoms with Crippen LogP contribution in [-0.4, -0.2) is 62.1 Å². The molecule has 1 aromatic carbocycles. The molecule has 3 atom stereocenters. The maximum absolute atomic E-state index is 10.7. The number of nitrogens with zero attached hydrogens (tertiary/aromatic N) is 3. The van der Waals surface area contributed by atoms with Crippen molar-refractivity contribution in [3.63, 3.8) is 0 Å². The molecule has 1 fully saturated rings. The van der Waals surface area contributed by atoms with Crippen LogP contribution < -0.4 is 0 Å². The van der Waals surface area contributed by atoms with Crippen molar-refractivity contribution in [2.75, 3.05) is 20.7 Å². The van der Waals surface area contributed by atoms with E-state index in [0.29, 0.717) is 13.0 Å². The van der Waals surface area contributed by atoms with Crippen LogP contribution in [0.2, 0.25) is 18.1 Å². The van der Waals surface area contributed by atoms with Crippen LogP contribution in [0.15, 0.2) is 29.4 Å². The Labute approximate surface area is 194 Å². The van der Waals surface area contributed by atoms with E-state index in [9.17, 15) is 5.11 Å². The highest BCUT2D eigenvalue weighted by atomic mass is 127. The molecule has 0 aliphatic carbocycles. The van der Waals surface area contributed by atoms with Gasteiger partial charge in [0.05, 0.1) is 30.3 Å². The summed E-state index contributed by atoms with van der Waals surface area (Å²) in [6, 6.07) is 6.12. The molecule has 166 valence electrons. The van der Waals surface area contributed by atoms with Crippen molar-refractivity contribution in [1.82, 2.24) is 9.47 Å². The van der Waals surface area contributed by atoms with E-state index in [-0.39, 0.29) is 17.4 Å². The van der Waals surface area contributed by atoms with Crippen LogP contribution in [0.5, 0.6) is 0 Å². The molecule has 0 bridgehead atoms. The van der Waals surface area contributed by atoms with Crippen molar-refractivity contribution in [2.45, 2.75) is 63.8 Å². The Morgan fingerprint density at radius 3 is 2.70 bits per heavy atom. The van der Waals surface area contributed by atoms with E-state index in [4.69, 9.17) is 9.16 Å². The van der Waals surface area contributed by atoms with E-state index >= 15 is 0 Å². The van der Waals surface area contributed by atoms with Gasteiger partial charge in [-0.2, -0.15) is 0 Å². The number of ether oxygens (including phenoxy) is 1. The van der Waals surface area contributed by atoms with Crippen LogP contribution in [0.4, 0.5) is 5.69 Å². The largest absolute Gasteiger partial charge is 0.414 e. The van der Waals surface area contributed by atoms with E-state index in [1.165, 1.54) is 0 Å². The molecule has 0 radical (unpaired) electrons. The fourth-order valence-corrected chi connectivity index (χ4v) is 5.18. The topological polar surface area (TPSA) is 59.2 Å². The van der Waals surface area contributed by atoms with Gasteiger partial charge in [-0.3, -0.25) is 0 Å². The number of aromatic nitrogens is 1. The van der Waals surface area contributed by atoms with Crippen LogP contribution in [0.1, 0.15) is 33.4 Å². The highest BCUT2D eigenvalue weighted by molar-refractivity contribution is 14.1. The minimum Gasteiger partial charge on any atom is -0.414 e. The van der Waals surface area contributed by atoms with Gasteiger partial charge in [0, 0.05) is 35.7 Å². The number of benzene rings is 1. The zero-order valence-corrected chi connectivity index (χ0v) is 22.2. The van der Waals surface area contributed by atoms with Gasteiger partial charge in [0.25, 0.3) is 0 Å². The molecule has 2 aromatic rings. The number of rotatable bonds is 6. The molecule has 6 nitrogen and oxygen atoms in total. The lowest BCUT2D eigenvalue weighted by molar-refractivity contribution is -0.0402. The third-order valence-electron chi connectivity index (χ3n) is 6.15. The van der Waals surface area contributed by atoms with Gasteiger partial charge in [-0.15, -0.1) is 0 Å². The summed E-state index contributed by atoms with van der Waals surface area (Å²) in [5.41, 5.74) is 2.00. The van der Waals surface area contributed by atoms with Crippen LogP contribution in [0.25, 0.3) is 10.9 Å². The first-order valence-electron chi connectivity index (χ1n) is 10.4. The standard InChI is InChI=1S/C22H34IN3O3Si/c1-22(2,3)30(6,7)28-13-19-18(27)11-20(29-19)26-12-15(23)21-16(24-14-25(4)5)9-8-10-17(21)26/h8-10,12,14,18-20,27H,11,13H2,1-7H3/t18?,19-,20-/m1/s1. The first-order chi connectivity index (χ1) is 13.9. The predicted molar refractivity (Wildman–Crippen MR) is 134 cm³/mol. The molecule has 2 heterocycles. The van der Waals surface area contributed by atoms with Gasteiger partial charge >= 0.3 is 0 Å². The van der Waals surface area contributed by atoms with Crippen molar-refractivity contribution in [3.8, 4) is 0 Å². The highest BCUT2D eigenvalue weighted by Gasteiger charge is 2.41. The Bertz CT molecular complexity index is 920. The van der Waals surface area contributed by atoms with Crippen LogP contribution in [0, 0.1) is 3.57 Å². The molecular weight excluding hydrogens is 509 g/mol. The van der Waals surface area contributed by atoms with Gasteiger partial charge in [-0.05, 0) is 52.9 Å². The average molecular weight is 544 g/mol. The van der Waals surface area contributed by atoms with E-state index < -0.39 is 14.4 Å². The summed E-state index contributed by atoms with van der Waals surface area (Å²) in [5.74, 6) is 0. The highest BCUT2D eigenvalue weighted by Crippen LogP contribution is 2.40. The molecule has 8 heteroatoms. The summed E-state index contributed by atoms with van der Waals surface area (Å²) >= 11 is 2.35. The molecule has 1 aliphatic heterocycles. The molecule has 1 N–H and O–H groups in total. The molecule has 0 spiro atoms. The molecule has 0 saturated carbocycles. The van der Waals surface area contributed by atoms with E-state index in [0.717, 1.165) is 20.2 Å². The second-order valence-corrected chi connectivity index (χ2v) is 15.7. The van der Waals surface area contributed by atoms with Crippen molar-refractivity contribution in [1.29, 1.82) is 0 Å². The van der Waals surface area contributed by atoms with Gasteiger partial charge in [0.15, 0.2) is 8.32 Å². The Hall–Kier alpha value is -0.943. The summed E-state index contributed by atoms with van der Waals surface area (Å²) in [4.78, 5) is 6.54. The zero-order valence-electron chi connectivity index (χ0n) is 19.0. The number of hydrogen-bond acceptors (Lipinski definition) is 4. The Kier molecular flexibility index (Phi) is 7.03. The van der Waals surface area contributed by atoms with Crippen LogP contribution >= 0.6 is 22.6 Å². The van der Waals surface area contributed by atoms with Crippen molar-refractivity contribution >= 4 is 53.8 Å². The number of fused-ring (bicyclic) bond motifs is 1. The maximum Gasteiger partial charge on any atom is 0.192 e. The molecule has 0 amide bonds. The number of aliphatic imine (C=N–C) groups is 1. The number of hydrogen-bond donors (Lipinski definition) is 1. The third kappa shape index (κ3) is 4.93. The Morgan fingerprint density at radius 1 is 1.37 bits per heavy atom. The fraction of sp³-hybridized carbons (Fsp3) is 0.591. The van der Waals surface area contributed by atoms with Crippen molar-refractivity contribution < 1.29 is 14.3 Å². The predicted octanol–water partition coefficient (Wildman–Crippen LogP) is 5.14. The third-order valence-corrected chi connectivity index (χ3v) is 11.5. The SMILES string of the molecule is CN(C)C=Nc1cccc2c1c(I)cn2[C@H]1CC(O)[C@@H](CO[Si](C)(C)C(C)(C)C)O1. The summed E-state index contributed by atoms with van der Waals surface area (Å²) < 4.78 is 15.9. The summed E-state index contributed by atoms with van der Waals surface area (Å²) in [7, 11) is 2.03. The minimum atomic E-state index is -1.89. The number of halogens is 1. The molecule has 1 saturated heterocycles. The monoisotopic (exact) mass is 543 g/mol. The minimum absolute atomic E-state index is 0.131. The van der Waals surface area contributed by atoms with Gasteiger partial charge < -0.3 is 23.7 Å². The molecular formula is C22H34IN3O3Si. The van der Waals surface area contributed by atoms with E-state index in [1.54, 1.807) is 0 Å². The lowest BCUT2D eigenvalue weighted by Crippen LogP contribution is -2.43. The van der Waals surface area contributed by atoms with Crippen LogP contribution in [0.3, 0.4) is 0 Å². The lowest BCUT2D eigenvalue weighted by atomic mass is 10.2. The fourth-order valence-electron chi connectivity index (χ4n) is 3.31. The summed E-state index contributed by atoms with van der Waals surface area (Å²) in [6.07, 6.45) is 3.39. The van der Waals surface area contributed by atoms with E-state index in [1.807, 2.05) is 37.5 Å². The summed E-state index contributed by atoms with van der Waals surface area (Å²) in [5, 5.41) is 11.9. The molecule has 1 aromatic heterocycles. The Balaban J connectivity index is 1.81. The smallest absolute Gasteiger partial charge is 0.192 e.